The zero-order chi connectivity index (χ0) is 17.6. The monoisotopic (exact) mass is 347 g/mol. The molecule has 1 aromatic carbocycles. The van der Waals surface area contributed by atoms with Gasteiger partial charge in [-0.2, -0.15) is 0 Å². The van der Waals surface area contributed by atoms with Crippen LogP contribution >= 0.6 is 0 Å². The predicted octanol–water partition coefficient (Wildman–Crippen LogP) is 2.44. The van der Waals surface area contributed by atoms with Gasteiger partial charge in [-0.25, -0.2) is 0 Å². The molecule has 5 nitrogen and oxygen atoms in total. The molecule has 1 saturated heterocycles. The smallest absolute Gasteiger partial charge is 0.153 e. The third-order valence-corrected chi connectivity index (χ3v) is 5.48. The summed E-state index contributed by atoms with van der Waals surface area (Å²) in [5.41, 5.74) is 1.67. The number of aliphatic hydroxyl groups excluding tert-OH is 1. The molecule has 138 valence electrons. The molecule has 5 heteroatoms. The Morgan fingerprint density at radius 1 is 1.28 bits per heavy atom. The molecule has 0 radical (unpaired) electrons. The number of carbonyl (C=O) groups is 1. The standard InChI is InChI=1S/C20H29NO4/c1-24-19-7-6-15(12-16(19)14-22)9-11-25-20-5-3-2-4-18(20)21-10-8-17(23)13-21/h6-7,12,14,17-18,20,23H,2-5,8-11,13H2,1H3/t17-,18-,20-/m0/s1. The Labute approximate surface area is 149 Å². The number of aldehydes is 1. The van der Waals surface area contributed by atoms with E-state index in [0.717, 1.165) is 50.6 Å². The molecular weight excluding hydrogens is 318 g/mol. The molecule has 2 aliphatic rings. The first-order chi connectivity index (χ1) is 12.2. The second kappa shape index (κ2) is 8.79. The average molecular weight is 347 g/mol. The fourth-order valence-corrected chi connectivity index (χ4v) is 4.12. The van der Waals surface area contributed by atoms with E-state index in [1.165, 1.54) is 12.8 Å². The lowest BCUT2D eigenvalue weighted by molar-refractivity contribution is -0.0316. The van der Waals surface area contributed by atoms with E-state index in [1.807, 2.05) is 18.2 Å². The highest BCUT2D eigenvalue weighted by Crippen LogP contribution is 2.28. The molecule has 1 saturated carbocycles. The molecule has 3 atom stereocenters. The minimum Gasteiger partial charge on any atom is -0.496 e. The lowest BCUT2D eigenvalue weighted by Gasteiger charge is -2.37. The number of nitrogens with zero attached hydrogens (tertiary/aromatic N) is 1. The number of ether oxygens (including phenoxy) is 2. The molecule has 0 spiro atoms. The number of hydrogen-bond donors (Lipinski definition) is 1. The minimum absolute atomic E-state index is 0.177. The minimum atomic E-state index is -0.177. The second-order valence-corrected chi connectivity index (χ2v) is 7.14. The van der Waals surface area contributed by atoms with Gasteiger partial charge in [0.05, 0.1) is 31.5 Å². The van der Waals surface area contributed by atoms with Crippen molar-refractivity contribution in [1.29, 1.82) is 0 Å². The van der Waals surface area contributed by atoms with Gasteiger partial charge >= 0.3 is 0 Å². The van der Waals surface area contributed by atoms with Crippen molar-refractivity contribution in [2.75, 3.05) is 26.8 Å². The van der Waals surface area contributed by atoms with Crippen molar-refractivity contribution in [2.24, 2.45) is 0 Å². The highest BCUT2D eigenvalue weighted by Gasteiger charge is 2.34. The summed E-state index contributed by atoms with van der Waals surface area (Å²) in [4.78, 5) is 13.5. The number of benzene rings is 1. The predicted molar refractivity (Wildman–Crippen MR) is 96.3 cm³/mol. The second-order valence-electron chi connectivity index (χ2n) is 7.14. The maximum absolute atomic E-state index is 11.1. The normalized spacial score (nSPS) is 27.4. The third kappa shape index (κ3) is 4.60. The van der Waals surface area contributed by atoms with Gasteiger partial charge in [0.1, 0.15) is 5.75 Å². The largest absolute Gasteiger partial charge is 0.496 e. The van der Waals surface area contributed by atoms with E-state index in [0.29, 0.717) is 24.0 Å². The van der Waals surface area contributed by atoms with Crippen LogP contribution in [0.2, 0.25) is 0 Å². The van der Waals surface area contributed by atoms with Gasteiger partial charge in [-0.15, -0.1) is 0 Å². The average Bonchev–Trinajstić information content (AvgIpc) is 3.08. The SMILES string of the molecule is COc1ccc(CCO[C@H]2CCCC[C@@H]2N2CC[C@H](O)C2)cc1C=O. The van der Waals surface area contributed by atoms with E-state index >= 15 is 0 Å². The van der Waals surface area contributed by atoms with Crippen molar-refractivity contribution in [1.82, 2.24) is 4.90 Å². The first-order valence-corrected chi connectivity index (χ1v) is 9.37. The summed E-state index contributed by atoms with van der Waals surface area (Å²) in [6, 6.07) is 6.15. The molecule has 25 heavy (non-hydrogen) atoms. The molecule has 0 bridgehead atoms. The lowest BCUT2D eigenvalue weighted by atomic mass is 9.91. The van der Waals surface area contributed by atoms with Crippen LogP contribution < -0.4 is 4.74 Å². The Balaban J connectivity index is 1.54. The van der Waals surface area contributed by atoms with Crippen LogP contribution in [0.3, 0.4) is 0 Å². The van der Waals surface area contributed by atoms with Crippen molar-refractivity contribution in [3.05, 3.63) is 29.3 Å². The van der Waals surface area contributed by atoms with Crippen LogP contribution in [0.1, 0.15) is 48.0 Å². The Hall–Kier alpha value is -1.43. The number of β-amino-alcohol motifs (C(OH)–C–C–N with tert-alkyl or cyclic N) is 1. The summed E-state index contributed by atoms with van der Waals surface area (Å²) in [5, 5.41) is 9.81. The lowest BCUT2D eigenvalue weighted by Crippen LogP contribution is -2.46. The van der Waals surface area contributed by atoms with Crippen LogP contribution in [0.5, 0.6) is 5.75 Å². The summed E-state index contributed by atoms with van der Waals surface area (Å²) in [7, 11) is 1.57. The molecule has 1 heterocycles. The molecule has 1 aliphatic carbocycles. The van der Waals surface area contributed by atoms with E-state index in [9.17, 15) is 9.90 Å². The van der Waals surface area contributed by atoms with Gasteiger partial charge in [0.15, 0.2) is 6.29 Å². The maximum Gasteiger partial charge on any atom is 0.153 e. The summed E-state index contributed by atoms with van der Waals surface area (Å²) >= 11 is 0. The summed E-state index contributed by atoms with van der Waals surface area (Å²) in [6.07, 6.45) is 7.30. The first kappa shape index (κ1) is 18.4. The Bertz CT molecular complexity index is 577. The first-order valence-electron chi connectivity index (χ1n) is 9.37. The van der Waals surface area contributed by atoms with E-state index in [2.05, 4.69) is 4.90 Å². The zero-order valence-electron chi connectivity index (χ0n) is 15.0. The van der Waals surface area contributed by atoms with Crippen LogP contribution in [0, 0.1) is 0 Å². The van der Waals surface area contributed by atoms with Crippen LogP contribution in [0.4, 0.5) is 0 Å². The summed E-state index contributed by atoms with van der Waals surface area (Å²) in [6.45, 7) is 2.42. The van der Waals surface area contributed by atoms with Crippen molar-refractivity contribution < 1.29 is 19.4 Å². The van der Waals surface area contributed by atoms with Crippen LogP contribution in [-0.4, -0.2) is 61.3 Å². The molecule has 1 aromatic rings. The van der Waals surface area contributed by atoms with Crippen molar-refractivity contribution >= 4 is 6.29 Å². The van der Waals surface area contributed by atoms with Gasteiger partial charge < -0.3 is 14.6 Å². The van der Waals surface area contributed by atoms with E-state index in [1.54, 1.807) is 7.11 Å². The Kier molecular flexibility index (Phi) is 6.45. The highest BCUT2D eigenvalue weighted by molar-refractivity contribution is 5.79. The number of rotatable bonds is 7. The number of methoxy groups -OCH3 is 1. The summed E-state index contributed by atoms with van der Waals surface area (Å²) in [5.74, 6) is 0.611. The fraction of sp³-hybridized carbons (Fsp3) is 0.650. The highest BCUT2D eigenvalue weighted by atomic mass is 16.5. The number of carbonyl (C=O) groups excluding carboxylic acids is 1. The third-order valence-electron chi connectivity index (χ3n) is 5.48. The fourth-order valence-electron chi connectivity index (χ4n) is 4.12. The van der Waals surface area contributed by atoms with Crippen LogP contribution in [0.25, 0.3) is 0 Å². The Morgan fingerprint density at radius 2 is 2.12 bits per heavy atom. The number of hydrogen-bond acceptors (Lipinski definition) is 5. The van der Waals surface area contributed by atoms with E-state index in [-0.39, 0.29) is 12.2 Å². The van der Waals surface area contributed by atoms with Gasteiger partial charge in [-0.05, 0) is 43.4 Å². The van der Waals surface area contributed by atoms with Crippen molar-refractivity contribution in [3.63, 3.8) is 0 Å². The zero-order valence-corrected chi connectivity index (χ0v) is 15.0. The van der Waals surface area contributed by atoms with Crippen LogP contribution in [0.15, 0.2) is 18.2 Å². The molecule has 1 N–H and O–H groups in total. The molecule has 0 unspecified atom stereocenters. The van der Waals surface area contributed by atoms with E-state index < -0.39 is 0 Å². The molecule has 3 rings (SSSR count). The quantitative estimate of drug-likeness (QED) is 0.768. The number of aliphatic hydroxyl groups is 1. The van der Waals surface area contributed by atoms with Gasteiger partial charge in [0.2, 0.25) is 0 Å². The molecular formula is C20H29NO4. The molecule has 0 amide bonds. The van der Waals surface area contributed by atoms with Crippen molar-refractivity contribution in [2.45, 2.75) is 56.8 Å². The van der Waals surface area contributed by atoms with E-state index in [4.69, 9.17) is 9.47 Å². The van der Waals surface area contributed by atoms with Crippen molar-refractivity contribution in [3.8, 4) is 5.75 Å². The van der Waals surface area contributed by atoms with Gasteiger partial charge in [0.25, 0.3) is 0 Å². The topological polar surface area (TPSA) is 59.0 Å². The van der Waals surface area contributed by atoms with Gasteiger partial charge in [0, 0.05) is 19.1 Å². The molecule has 0 aromatic heterocycles. The maximum atomic E-state index is 11.1. The van der Waals surface area contributed by atoms with Gasteiger partial charge in [-0.3, -0.25) is 9.69 Å². The van der Waals surface area contributed by atoms with Gasteiger partial charge in [-0.1, -0.05) is 18.9 Å². The molecule has 2 fully saturated rings. The number of likely N-dealkylation sites (tertiary alicyclic amines) is 1. The van der Waals surface area contributed by atoms with Crippen LogP contribution in [-0.2, 0) is 11.2 Å². The summed E-state index contributed by atoms with van der Waals surface area (Å²) < 4.78 is 11.4. The Morgan fingerprint density at radius 3 is 2.84 bits per heavy atom. The molecule has 1 aliphatic heterocycles.